The fraction of sp³-hybridized carbons (Fsp3) is 0.350. The van der Waals surface area contributed by atoms with Gasteiger partial charge < -0.3 is 14.8 Å². The van der Waals surface area contributed by atoms with Gasteiger partial charge in [0.25, 0.3) is 0 Å². The number of nitrogens with zero attached hydrogens (tertiary/aromatic N) is 1. The van der Waals surface area contributed by atoms with E-state index in [1.165, 1.54) is 0 Å². The largest absolute Gasteiger partial charge is 0.457 e. The summed E-state index contributed by atoms with van der Waals surface area (Å²) in [5.41, 5.74) is 0.764. The SMILES string of the molecule is C[C@@H]1CN(CC(=O)Nc2ccc(Oc3ccccc3)cc2)C[C@@H](C)O1. The molecule has 0 spiro atoms. The number of carbonyl (C=O) groups is 1. The van der Waals surface area contributed by atoms with E-state index < -0.39 is 0 Å². The molecule has 25 heavy (non-hydrogen) atoms. The summed E-state index contributed by atoms with van der Waals surface area (Å²) in [6.07, 6.45) is 0.317. The Bertz CT molecular complexity index is 678. The predicted octanol–water partition coefficient (Wildman–Crippen LogP) is 3.53. The number of hydrogen-bond acceptors (Lipinski definition) is 4. The van der Waals surface area contributed by atoms with Crippen molar-refractivity contribution in [2.75, 3.05) is 25.0 Å². The molecule has 0 radical (unpaired) electrons. The zero-order chi connectivity index (χ0) is 17.6. The zero-order valence-corrected chi connectivity index (χ0v) is 14.6. The van der Waals surface area contributed by atoms with Crippen molar-refractivity contribution in [3.63, 3.8) is 0 Å². The molecule has 1 saturated heterocycles. The summed E-state index contributed by atoms with van der Waals surface area (Å²) in [5.74, 6) is 1.51. The van der Waals surface area contributed by atoms with Gasteiger partial charge in [0.15, 0.2) is 0 Å². The van der Waals surface area contributed by atoms with Crippen molar-refractivity contribution in [3.8, 4) is 11.5 Å². The van der Waals surface area contributed by atoms with Crippen molar-refractivity contribution in [2.45, 2.75) is 26.1 Å². The van der Waals surface area contributed by atoms with Gasteiger partial charge in [-0.2, -0.15) is 0 Å². The monoisotopic (exact) mass is 340 g/mol. The van der Waals surface area contributed by atoms with Crippen LogP contribution >= 0.6 is 0 Å². The zero-order valence-electron chi connectivity index (χ0n) is 14.6. The summed E-state index contributed by atoms with van der Waals surface area (Å²) >= 11 is 0. The number of amides is 1. The maximum Gasteiger partial charge on any atom is 0.238 e. The average Bonchev–Trinajstić information content (AvgIpc) is 2.56. The number of anilines is 1. The molecule has 1 amide bonds. The van der Waals surface area contributed by atoms with Gasteiger partial charge in [0.05, 0.1) is 18.8 Å². The molecule has 1 N–H and O–H groups in total. The topological polar surface area (TPSA) is 50.8 Å². The molecule has 2 aromatic carbocycles. The van der Waals surface area contributed by atoms with Gasteiger partial charge in [-0.15, -0.1) is 0 Å². The highest BCUT2D eigenvalue weighted by molar-refractivity contribution is 5.92. The first kappa shape index (κ1) is 17.5. The molecule has 2 atom stereocenters. The molecule has 1 aliphatic rings. The lowest BCUT2D eigenvalue weighted by Crippen LogP contribution is -2.48. The Morgan fingerprint density at radius 1 is 1.04 bits per heavy atom. The third-order valence-electron chi connectivity index (χ3n) is 3.98. The molecule has 1 aliphatic heterocycles. The number of morpholine rings is 1. The van der Waals surface area contributed by atoms with E-state index in [0.29, 0.717) is 6.54 Å². The highest BCUT2D eigenvalue weighted by Crippen LogP contribution is 2.22. The summed E-state index contributed by atoms with van der Waals surface area (Å²) in [5, 5.41) is 2.93. The fourth-order valence-electron chi connectivity index (χ4n) is 3.05. The van der Waals surface area contributed by atoms with Crippen LogP contribution in [0.4, 0.5) is 5.69 Å². The number of para-hydroxylation sites is 1. The number of hydrogen-bond donors (Lipinski definition) is 1. The minimum Gasteiger partial charge on any atom is -0.457 e. The average molecular weight is 340 g/mol. The third kappa shape index (κ3) is 5.31. The fourth-order valence-corrected chi connectivity index (χ4v) is 3.05. The lowest BCUT2D eigenvalue weighted by atomic mass is 10.2. The van der Waals surface area contributed by atoms with E-state index in [0.717, 1.165) is 30.3 Å². The van der Waals surface area contributed by atoms with Crippen LogP contribution in [-0.4, -0.2) is 42.6 Å². The maximum atomic E-state index is 12.2. The first-order valence-electron chi connectivity index (χ1n) is 8.59. The van der Waals surface area contributed by atoms with E-state index in [9.17, 15) is 4.79 Å². The molecule has 0 saturated carbocycles. The van der Waals surface area contributed by atoms with Gasteiger partial charge in [-0.05, 0) is 50.2 Å². The molecule has 132 valence electrons. The van der Waals surface area contributed by atoms with Crippen molar-refractivity contribution in [2.24, 2.45) is 0 Å². The van der Waals surface area contributed by atoms with Gasteiger partial charge in [-0.25, -0.2) is 0 Å². The van der Waals surface area contributed by atoms with Crippen LogP contribution in [0.15, 0.2) is 54.6 Å². The second-order valence-electron chi connectivity index (χ2n) is 6.44. The molecular weight excluding hydrogens is 316 g/mol. The number of ether oxygens (including phenoxy) is 2. The van der Waals surface area contributed by atoms with Crippen molar-refractivity contribution >= 4 is 11.6 Å². The standard InChI is InChI=1S/C20H24N2O3/c1-15-12-22(13-16(2)24-15)14-20(23)21-17-8-10-19(11-9-17)25-18-6-4-3-5-7-18/h3-11,15-16H,12-14H2,1-2H3,(H,21,23)/t15-,16-/m1/s1. The number of benzene rings is 2. The van der Waals surface area contributed by atoms with E-state index in [1.807, 2.05) is 68.4 Å². The van der Waals surface area contributed by atoms with Gasteiger partial charge in [-0.1, -0.05) is 18.2 Å². The second kappa shape index (κ2) is 8.14. The molecule has 0 aromatic heterocycles. The van der Waals surface area contributed by atoms with Gasteiger partial charge in [0.1, 0.15) is 11.5 Å². The van der Waals surface area contributed by atoms with E-state index in [2.05, 4.69) is 10.2 Å². The summed E-state index contributed by atoms with van der Waals surface area (Å²) in [6, 6.07) is 17.0. The van der Waals surface area contributed by atoms with Crippen LogP contribution in [0.3, 0.4) is 0 Å². The van der Waals surface area contributed by atoms with Crippen molar-refractivity contribution in [1.29, 1.82) is 0 Å². The molecule has 1 heterocycles. The quantitative estimate of drug-likeness (QED) is 0.905. The van der Waals surface area contributed by atoms with Crippen LogP contribution in [0.5, 0.6) is 11.5 Å². The predicted molar refractivity (Wildman–Crippen MR) is 98.0 cm³/mol. The van der Waals surface area contributed by atoms with E-state index in [-0.39, 0.29) is 18.1 Å². The molecule has 5 heteroatoms. The van der Waals surface area contributed by atoms with Crippen LogP contribution < -0.4 is 10.1 Å². The molecule has 0 aliphatic carbocycles. The molecule has 2 aromatic rings. The Balaban J connectivity index is 1.51. The first-order chi connectivity index (χ1) is 12.1. The molecule has 1 fully saturated rings. The number of carbonyl (C=O) groups excluding carboxylic acids is 1. The van der Waals surface area contributed by atoms with Crippen LogP contribution in [0.25, 0.3) is 0 Å². The van der Waals surface area contributed by atoms with Crippen molar-refractivity contribution < 1.29 is 14.3 Å². The third-order valence-corrected chi connectivity index (χ3v) is 3.98. The second-order valence-corrected chi connectivity index (χ2v) is 6.44. The highest BCUT2D eigenvalue weighted by atomic mass is 16.5. The normalized spacial score (nSPS) is 20.9. The van der Waals surface area contributed by atoms with Crippen LogP contribution in [0.2, 0.25) is 0 Å². The summed E-state index contributed by atoms with van der Waals surface area (Å²) in [7, 11) is 0. The maximum absolute atomic E-state index is 12.2. The van der Waals surface area contributed by atoms with Crippen LogP contribution in [0, 0.1) is 0 Å². The molecular formula is C20H24N2O3. The first-order valence-corrected chi connectivity index (χ1v) is 8.59. The van der Waals surface area contributed by atoms with Gasteiger partial charge in [0.2, 0.25) is 5.91 Å². The Morgan fingerprint density at radius 3 is 2.28 bits per heavy atom. The van der Waals surface area contributed by atoms with E-state index in [1.54, 1.807) is 0 Å². The van der Waals surface area contributed by atoms with Crippen LogP contribution in [-0.2, 0) is 9.53 Å². The number of nitrogens with one attached hydrogen (secondary N) is 1. The van der Waals surface area contributed by atoms with Crippen molar-refractivity contribution in [1.82, 2.24) is 4.90 Å². The Hall–Kier alpha value is -2.37. The van der Waals surface area contributed by atoms with Crippen LogP contribution in [0.1, 0.15) is 13.8 Å². The minimum atomic E-state index is -0.0157. The van der Waals surface area contributed by atoms with E-state index >= 15 is 0 Å². The Labute approximate surface area is 148 Å². The lowest BCUT2D eigenvalue weighted by Gasteiger charge is -2.34. The minimum absolute atomic E-state index is 0.0157. The molecule has 0 unspecified atom stereocenters. The van der Waals surface area contributed by atoms with Gasteiger partial charge in [0, 0.05) is 18.8 Å². The van der Waals surface area contributed by atoms with Crippen molar-refractivity contribution in [3.05, 3.63) is 54.6 Å². The number of rotatable bonds is 5. The molecule has 5 nitrogen and oxygen atoms in total. The molecule has 3 rings (SSSR count). The molecule has 0 bridgehead atoms. The summed E-state index contributed by atoms with van der Waals surface area (Å²) in [6.45, 7) is 6.00. The lowest BCUT2D eigenvalue weighted by molar-refractivity contribution is -0.121. The Kier molecular flexibility index (Phi) is 5.68. The Morgan fingerprint density at radius 2 is 1.64 bits per heavy atom. The van der Waals surface area contributed by atoms with E-state index in [4.69, 9.17) is 9.47 Å². The van der Waals surface area contributed by atoms with Gasteiger partial charge >= 0.3 is 0 Å². The summed E-state index contributed by atoms with van der Waals surface area (Å²) in [4.78, 5) is 14.4. The van der Waals surface area contributed by atoms with Gasteiger partial charge in [-0.3, -0.25) is 9.69 Å². The highest BCUT2D eigenvalue weighted by Gasteiger charge is 2.23. The summed E-state index contributed by atoms with van der Waals surface area (Å²) < 4.78 is 11.4. The smallest absolute Gasteiger partial charge is 0.238 e.